The summed E-state index contributed by atoms with van der Waals surface area (Å²) in [5.74, 6) is -1.45. The topological polar surface area (TPSA) is 297 Å². The fraction of sp³-hybridized carbons (Fsp3) is 0.685. The van der Waals surface area contributed by atoms with Gasteiger partial charge < -0.3 is 106 Å². The van der Waals surface area contributed by atoms with Crippen molar-refractivity contribution in [3.05, 3.63) is 81.4 Å². The molecule has 0 aromatic heterocycles. The van der Waals surface area contributed by atoms with E-state index in [9.17, 15) is 24.0 Å². The molecule has 27 heteroatoms. The monoisotopic (exact) mass is 1420 g/mol. The first-order chi connectivity index (χ1) is 48.1. The van der Waals surface area contributed by atoms with Crippen molar-refractivity contribution in [3.8, 4) is 16.9 Å². The summed E-state index contributed by atoms with van der Waals surface area (Å²) in [6.07, 6.45) is 0.407. The van der Waals surface area contributed by atoms with Crippen LogP contribution in [-0.4, -0.2) is 272 Å². The van der Waals surface area contributed by atoms with E-state index in [4.69, 9.17) is 90.0 Å². The zero-order chi connectivity index (χ0) is 72.9. The van der Waals surface area contributed by atoms with Crippen LogP contribution >= 0.6 is 0 Å². The number of rotatable bonds is 61. The van der Waals surface area contributed by atoms with Crippen LogP contribution in [0.15, 0.2) is 42.5 Å². The minimum absolute atomic E-state index is 0.145. The quantitative estimate of drug-likeness (QED) is 0.0375. The normalized spacial score (nSPS) is 11.7. The molecule has 0 unspecified atom stereocenters. The molecule has 0 bridgehead atoms. The van der Waals surface area contributed by atoms with Gasteiger partial charge in [0, 0.05) is 29.9 Å². The van der Waals surface area contributed by atoms with Crippen molar-refractivity contribution < 1.29 is 114 Å². The first-order valence-electron chi connectivity index (χ1n) is 34.6. The smallest absolute Gasteiger partial charge is 0.308 e. The molecule has 3 aromatic rings. The van der Waals surface area contributed by atoms with Gasteiger partial charge in [-0.2, -0.15) is 0 Å². The van der Waals surface area contributed by atoms with Gasteiger partial charge in [-0.1, -0.05) is 17.7 Å². The summed E-state index contributed by atoms with van der Waals surface area (Å²) < 4.78 is 105. The Hall–Kier alpha value is -5.83. The third-order valence-electron chi connectivity index (χ3n) is 13.6. The molecule has 0 aliphatic rings. The molecule has 100 heavy (non-hydrogen) atoms. The lowest BCUT2D eigenvalue weighted by Gasteiger charge is -2.19. The highest BCUT2D eigenvalue weighted by Crippen LogP contribution is 2.35. The van der Waals surface area contributed by atoms with E-state index >= 15 is 0 Å². The second-order valence-corrected chi connectivity index (χ2v) is 24.8. The van der Waals surface area contributed by atoms with Gasteiger partial charge in [0.2, 0.25) is 0 Å². The van der Waals surface area contributed by atoms with E-state index in [2.05, 4.69) is 54.9 Å². The molecule has 3 N–H and O–H groups in total. The predicted molar refractivity (Wildman–Crippen MR) is 375 cm³/mol. The molecule has 568 valence electrons. The van der Waals surface area contributed by atoms with Crippen molar-refractivity contribution in [2.45, 2.75) is 100 Å². The lowest BCUT2D eigenvalue weighted by atomic mass is 9.90. The van der Waals surface area contributed by atoms with E-state index in [-0.39, 0.29) is 101 Å². The number of nitrogens with one attached hydrogen (secondary N) is 3. The van der Waals surface area contributed by atoms with E-state index < -0.39 is 28.9 Å². The van der Waals surface area contributed by atoms with Crippen LogP contribution in [0.25, 0.3) is 11.1 Å². The van der Waals surface area contributed by atoms with Crippen LogP contribution in [-0.2, 0) is 99.6 Å². The number of anilines is 1. The number of ether oxygens (including phenoxy) is 19. The van der Waals surface area contributed by atoms with Crippen molar-refractivity contribution in [1.29, 1.82) is 0 Å². The first kappa shape index (κ1) is 88.4. The number of aryl methyl sites for hydroxylation is 5. The molecule has 0 fully saturated rings. The molecule has 3 aromatic carbocycles. The lowest BCUT2D eigenvalue weighted by molar-refractivity contribution is -0.157. The summed E-state index contributed by atoms with van der Waals surface area (Å²) in [4.78, 5) is 63.9. The molecular weight excluding hydrogens is 1300 g/mol. The Bertz CT molecular complexity index is 2590. The average Bonchev–Trinajstić information content (AvgIpc) is 0.811. The largest absolute Gasteiger partial charge is 0.483 e. The SMILES string of the molecule is Cc1cc(C)c(-c2cc(C)c(OCC(=O)Nc3cc(C(=O)NCCOCCOCCOCCOCCOCCOCCOCCOCCC(=O)OC(C)(C)C)cc(C(=O)NCCOCCOCCOCCOCCOCCOCCOCCOCCC(=O)OC(C)(C)C)c3)cc2C)c(C)c1. The molecule has 0 atom stereocenters. The van der Waals surface area contributed by atoms with Crippen LogP contribution in [0.2, 0.25) is 0 Å². The summed E-state index contributed by atoms with van der Waals surface area (Å²) in [6, 6.07) is 12.8. The zero-order valence-corrected chi connectivity index (χ0v) is 61.5. The highest BCUT2D eigenvalue weighted by molar-refractivity contribution is 6.03. The van der Waals surface area contributed by atoms with Gasteiger partial charge in [-0.3, -0.25) is 24.0 Å². The molecular formula is C73H117N3O24. The summed E-state index contributed by atoms with van der Waals surface area (Å²) >= 11 is 0. The Morgan fingerprint density at radius 1 is 0.330 bits per heavy atom. The van der Waals surface area contributed by atoms with Gasteiger partial charge in [0.05, 0.1) is 224 Å². The minimum atomic E-state index is -0.505. The minimum Gasteiger partial charge on any atom is -0.483 e. The summed E-state index contributed by atoms with van der Waals surface area (Å²) in [5.41, 5.74) is 7.21. The maximum absolute atomic E-state index is 13.5. The van der Waals surface area contributed by atoms with Crippen LogP contribution in [0.3, 0.4) is 0 Å². The number of carbonyl (C=O) groups is 5. The third kappa shape index (κ3) is 45.9. The van der Waals surface area contributed by atoms with Gasteiger partial charge in [0.25, 0.3) is 17.7 Å². The molecule has 0 aliphatic heterocycles. The van der Waals surface area contributed by atoms with Gasteiger partial charge in [-0.15, -0.1) is 0 Å². The van der Waals surface area contributed by atoms with Gasteiger partial charge in [0.15, 0.2) is 6.61 Å². The van der Waals surface area contributed by atoms with Gasteiger partial charge in [-0.25, -0.2) is 0 Å². The molecule has 0 radical (unpaired) electrons. The van der Waals surface area contributed by atoms with Crippen molar-refractivity contribution in [2.24, 2.45) is 0 Å². The van der Waals surface area contributed by atoms with E-state index in [0.29, 0.717) is 178 Å². The van der Waals surface area contributed by atoms with Crippen molar-refractivity contribution in [2.75, 3.05) is 236 Å². The highest BCUT2D eigenvalue weighted by atomic mass is 16.6. The molecule has 0 spiro atoms. The van der Waals surface area contributed by atoms with Gasteiger partial charge in [-0.05, 0) is 140 Å². The van der Waals surface area contributed by atoms with Crippen molar-refractivity contribution >= 4 is 35.3 Å². The van der Waals surface area contributed by atoms with E-state index in [0.717, 1.165) is 16.7 Å². The summed E-state index contributed by atoms with van der Waals surface area (Å²) in [6.45, 7) is 33.3. The Kier molecular flexibility index (Phi) is 48.4. The molecule has 0 saturated carbocycles. The zero-order valence-electron chi connectivity index (χ0n) is 61.5. The lowest BCUT2D eigenvalue weighted by Crippen LogP contribution is -2.30. The van der Waals surface area contributed by atoms with Crippen LogP contribution in [0.1, 0.15) is 103 Å². The number of carbonyl (C=O) groups excluding carboxylic acids is 5. The van der Waals surface area contributed by atoms with E-state index in [1.54, 1.807) is 0 Å². The van der Waals surface area contributed by atoms with Crippen LogP contribution in [0.5, 0.6) is 5.75 Å². The number of hydrogen-bond acceptors (Lipinski definition) is 24. The number of hydrogen-bond donors (Lipinski definition) is 3. The maximum atomic E-state index is 13.5. The van der Waals surface area contributed by atoms with Gasteiger partial charge in [0.1, 0.15) is 17.0 Å². The highest BCUT2D eigenvalue weighted by Gasteiger charge is 2.20. The molecule has 27 nitrogen and oxygen atoms in total. The van der Waals surface area contributed by atoms with E-state index in [1.807, 2.05) is 61.5 Å². The van der Waals surface area contributed by atoms with Crippen molar-refractivity contribution in [1.82, 2.24) is 10.6 Å². The molecule has 0 saturated heterocycles. The molecule has 3 amide bonds. The van der Waals surface area contributed by atoms with Crippen LogP contribution in [0, 0.1) is 34.6 Å². The Morgan fingerprint density at radius 2 is 0.620 bits per heavy atom. The molecule has 0 aliphatic carbocycles. The van der Waals surface area contributed by atoms with Crippen LogP contribution < -0.4 is 20.7 Å². The van der Waals surface area contributed by atoms with Gasteiger partial charge >= 0.3 is 11.9 Å². The molecule has 0 heterocycles. The standard InChI is InChI=1S/C73H117N3O24/c1-56-48-59(4)69(60(5)49-56)64-50-58(3)65(51-57(64)2)98-55-66(77)76-63-53-61(70(80)74-14-18-84-22-26-88-30-34-92-38-42-96-46-44-94-40-36-90-32-28-86-24-20-82-16-12-67(78)99-72(6,7)8)52-62(54-63)71(81)75-15-19-85-23-27-89-31-35-93-39-43-97-47-45-95-41-37-91-33-29-87-25-21-83-17-13-68(79)100-73(9,10)11/h48-54H,12-47,55H2,1-11H3,(H,74,80)(H,75,81)(H,76,77). The second-order valence-electron chi connectivity index (χ2n) is 24.8. The van der Waals surface area contributed by atoms with Crippen molar-refractivity contribution in [3.63, 3.8) is 0 Å². The fourth-order valence-electron chi connectivity index (χ4n) is 9.18. The van der Waals surface area contributed by atoms with E-state index in [1.165, 1.54) is 40.5 Å². The molecule has 3 rings (SSSR count). The Labute approximate surface area is 592 Å². The maximum Gasteiger partial charge on any atom is 0.308 e. The summed E-state index contributed by atoms with van der Waals surface area (Å²) in [7, 11) is 0. The Morgan fingerprint density at radius 3 is 0.920 bits per heavy atom. The number of esters is 2. The predicted octanol–water partition coefficient (Wildman–Crippen LogP) is 7.10. The Balaban J connectivity index is 1.27. The fourth-order valence-corrected chi connectivity index (χ4v) is 9.18. The number of benzene rings is 3. The second kappa shape index (κ2) is 54.8. The average molecular weight is 1420 g/mol. The number of amides is 3. The first-order valence-corrected chi connectivity index (χ1v) is 34.6. The summed E-state index contributed by atoms with van der Waals surface area (Å²) in [5, 5.41) is 8.45. The van der Waals surface area contributed by atoms with Crippen LogP contribution in [0.4, 0.5) is 5.69 Å². The third-order valence-corrected chi connectivity index (χ3v) is 13.6.